The first-order valence-corrected chi connectivity index (χ1v) is 17.2. The highest BCUT2D eigenvalue weighted by atomic mass is 16.8. The Bertz CT molecular complexity index is 859. The SMILES string of the molecule is CCCCCCC[C@H](CC(=O)OC)OC(=O)C[C@@H](CCCCCCC)O[C@@H]1O[C@@H](C)[C@H](O)[C@@H](O)[C@H]1O[C@@H]1O[C@@H](C)[C@H](O)[C@@H](O)[C@H]1O. The van der Waals surface area contributed by atoms with Gasteiger partial charge in [-0.05, 0) is 33.1 Å². The molecule has 13 heteroatoms. The van der Waals surface area contributed by atoms with Gasteiger partial charge in [-0.15, -0.1) is 0 Å². The number of unbranched alkanes of at least 4 members (excludes halogenated alkanes) is 8. The minimum atomic E-state index is -1.66. The molecule has 2 fully saturated rings. The van der Waals surface area contributed by atoms with Gasteiger partial charge in [-0.1, -0.05) is 71.6 Å². The maximum atomic E-state index is 13.3. The van der Waals surface area contributed by atoms with Gasteiger partial charge in [0.15, 0.2) is 12.6 Å². The van der Waals surface area contributed by atoms with E-state index in [1.165, 1.54) is 14.0 Å². The predicted molar refractivity (Wildman–Crippen MR) is 166 cm³/mol. The quantitative estimate of drug-likeness (QED) is 0.0890. The van der Waals surface area contributed by atoms with Crippen molar-refractivity contribution in [2.45, 2.75) is 191 Å². The molecule has 0 saturated carbocycles. The second-order valence-electron chi connectivity index (χ2n) is 12.7. The minimum Gasteiger partial charge on any atom is -0.469 e. The molecule has 2 rings (SSSR count). The molecule has 13 nitrogen and oxygen atoms in total. The summed E-state index contributed by atoms with van der Waals surface area (Å²) in [6, 6.07) is 0. The van der Waals surface area contributed by atoms with Crippen molar-refractivity contribution in [1.29, 1.82) is 0 Å². The Labute approximate surface area is 273 Å². The van der Waals surface area contributed by atoms with Crippen LogP contribution in [0.4, 0.5) is 0 Å². The molecule has 0 bridgehead atoms. The van der Waals surface area contributed by atoms with Crippen LogP contribution in [0, 0.1) is 0 Å². The van der Waals surface area contributed by atoms with Crippen LogP contribution in [0.15, 0.2) is 0 Å². The van der Waals surface area contributed by atoms with Crippen LogP contribution in [-0.4, -0.2) is 118 Å². The predicted octanol–water partition coefficient (Wildman–Crippen LogP) is 2.64. The lowest BCUT2D eigenvalue weighted by molar-refractivity contribution is -0.366. The third kappa shape index (κ3) is 13.2. The van der Waals surface area contributed by atoms with Gasteiger partial charge in [-0.3, -0.25) is 9.59 Å². The van der Waals surface area contributed by atoms with E-state index in [-0.39, 0.29) is 12.8 Å². The molecule has 2 aliphatic rings. The summed E-state index contributed by atoms with van der Waals surface area (Å²) in [5.74, 6) is -1.02. The number of esters is 2. The topological polar surface area (TPSA) is 191 Å². The highest BCUT2D eigenvalue weighted by Gasteiger charge is 2.50. The number of ether oxygens (including phenoxy) is 6. The van der Waals surface area contributed by atoms with Crippen molar-refractivity contribution in [2.24, 2.45) is 0 Å². The number of aliphatic hydroxyl groups excluding tert-OH is 5. The van der Waals surface area contributed by atoms with E-state index in [1.807, 2.05) is 0 Å². The maximum absolute atomic E-state index is 13.3. The van der Waals surface area contributed by atoms with Gasteiger partial charge in [0.2, 0.25) is 0 Å². The number of methoxy groups -OCH3 is 1. The highest BCUT2D eigenvalue weighted by molar-refractivity contribution is 5.72. The van der Waals surface area contributed by atoms with Crippen LogP contribution in [0.5, 0.6) is 0 Å². The van der Waals surface area contributed by atoms with Crippen molar-refractivity contribution in [3.8, 4) is 0 Å². The van der Waals surface area contributed by atoms with Gasteiger partial charge in [0.05, 0.1) is 38.3 Å². The van der Waals surface area contributed by atoms with Crippen LogP contribution in [0.3, 0.4) is 0 Å². The van der Waals surface area contributed by atoms with Crippen LogP contribution in [0.25, 0.3) is 0 Å². The standard InChI is InChI=1S/C33H60O13/c1-6-8-10-12-14-16-22(18-24(34)41-5)44-25(35)19-23(17-15-13-11-9-7-2)45-33-31(29(39)27(37)21(4)43-33)46-32-30(40)28(38)26(36)20(3)42-32/h20-23,26-33,36-40H,6-19H2,1-5H3/t20-,21-,22+,23+,26-,27-,28+,29+,30+,31+,32-,33-/m0/s1. The molecule has 2 aliphatic heterocycles. The van der Waals surface area contributed by atoms with Gasteiger partial charge in [0, 0.05) is 0 Å². The number of hydrogen-bond donors (Lipinski definition) is 5. The number of aliphatic hydroxyl groups is 5. The molecule has 270 valence electrons. The first-order chi connectivity index (χ1) is 21.9. The molecule has 12 atom stereocenters. The van der Waals surface area contributed by atoms with Crippen LogP contribution >= 0.6 is 0 Å². The van der Waals surface area contributed by atoms with Gasteiger partial charge >= 0.3 is 11.9 Å². The summed E-state index contributed by atoms with van der Waals surface area (Å²) in [6.07, 6.45) is -4.13. The van der Waals surface area contributed by atoms with Crippen molar-refractivity contribution < 1.29 is 63.5 Å². The first-order valence-electron chi connectivity index (χ1n) is 17.2. The van der Waals surface area contributed by atoms with Gasteiger partial charge in [-0.25, -0.2) is 0 Å². The third-order valence-electron chi connectivity index (χ3n) is 8.78. The summed E-state index contributed by atoms with van der Waals surface area (Å²) < 4.78 is 34.2. The van der Waals surface area contributed by atoms with Crippen LogP contribution < -0.4 is 0 Å². The average molecular weight is 665 g/mol. The Kier molecular flexibility index (Phi) is 19.1. The van der Waals surface area contributed by atoms with Crippen molar-refractivity contribution in [3.63, 3.8) is 0 Å². The summed E-state index contributed by atoms with van der Waals surface area (Å²) in [5, 5.41) is 52.4. The molecular formula is C33H60O13. The van der Waals surface area contributed by atoms with Gasteiger partial charge in [0.1, 0.15) is 42.7 Å². The molecule has 0 amide bonds. The normalized spacial score (nSPS) is 32.9. The molecule has 0 aliphatic carbocycles. The van der Waals surface area contributed by atoms with Crippen LogP contribution in [-0.2, 0) is 38.0 Å². The average Bonchev–Trinajstić information content (AvgIpc) is 3.02. The Morgan fingerprint density at radius 2 is 1.13 bits per heavy atom. The molecule has 46 heavy (non-hydrogen) atoms. The van der Waals surface area contributed by atoms with E-state index in [0.29, 0.717) is 12.8 Å². The molecular weight excluding hydrogens is 604 g/mol. The van der Waals surface area contributed by atoms with Gasteiger partial charge in [0.25, 0.3) is 0 Å². The van der Waals surface area contributed by atoms with E-state index in [0.717, 1.165) is 64.2 Å². The number of carbonyl (C=O) groups is 2. The smallest absolute Gasteiger partial charge is 0.309 e. The van der Waals surface area contributed by atoms with Crippen molar-refractivity contribution in [3.05, 3.63) is 0 Å². The van der Waals surface area contributed by atoms with Crippen LogP contribution in [0.1, 0.15) is 118 Å². The monoisotopic (exact) mass is 664 g/mol. The largest absolute Gasteiger partial charge is 0.469 e. The second kappa shape index (κ2) is 21.5. The van der Waals surface area contributed by atoms with E-state index < -0.39 is 85.6 Å². The molecule has 0 aromatic rings. The molecule has 2 saturated heterocycles. The van der Waals surface area contributed by atoms with Crippen molar-refractivity contribution in [2.75, 3.05) is 7.11 Å². The third-order valence-corrected chi connectivity index (χ3v) is 8.78. The molecule has 2 heterocycles. The van der Waals surface area contributed by atoms with E-state index in [9.17, 15) is 35.1 Å². The Morgan fingerprint density at radius 1 is 0.630 bits per heavy atom. The Balaban J connectivity index is 2.18. The zero-order chi connectivity index (χ0) is 34.2. The Hall–Kier alpha value is -1.42. The summed E-state index contributed by atoms with van der Waals surface area (Å²) in [5.41, 5.74) is 0. The molecule has 0 aromatic heterocycles. The summed E-state index contributed by atoms with van der Waals surface area (Å²) in [4.78, 5) is 25.3. The summed E-state index contributed by atoms with van der Waals surface area (Å²) in [7, 11) is 1.29. The molecule has 0 unspecified atom stereocenters. The zero-order valence-corrected chi connectivity index (χ0v) is 28.3. The molecule has 0 radical (unpaired) electrons. The van der Waals surface area contributed by atoms with E-state index in [1.54, 1.807) is 6.92 Å². The van der Waals surface area contributed by atoms with Crippen molar-refractivity contribution >= 4 is 11.9 Å². The van der Waals surface area contributed by atoms with E-state index in [4.69, 9.17) is 28.4 Å². The lowest BCUT2D eigenvalue weighted by Crippen LogP contribution is -2.63. The summed E-state index contributed by atoms with van der Waals surface area (Å²) >= 11 is 0. The molecule has 5 N–H and O–H groups in total. The Morgan fingerprint density at radius 3 is 1.70 bits per heavy atom. The van der Waals surface area contributed by atoms with E-state index in [2.05, 4.69) is 13.8 Å². The highest BCUT2D eigenvalue weighted by Crippen LogP contribution is 2.31. The molecule has 0 spiro atoms. The fourth-order valence-corrected chi connectivity index (χ4v) is 5.79. The van der Waals surface area contributed by atoms with Gasteiger partial charge in [-0.2, -0.15) is 0 Å². The van der Waals surface area contributed by atoms with Gasteiger partial charge < -0.3 is 54.0 Å². The van der Waals surface area contributed by atoms with E-state index >= 15 is 0 Å². The maximum Gasteiger partial charge on any atom is 0.309 e. The zero-order valence-electron chi connectivity index (χ0n) is 28.3. The summed E-state index contributed by atoms with van der Waals surface area (Å²) in [6.45, 7) is 7.29. The van der Waals surface area contributed by atoms with Crippen molar-refractivity contribution in [1.82, 2.24) is 0 Å². The molecule has 0 aromatic carbocycles. The number of hydrogen-bond acceptors (Lipinski definition) is 13. The number of carbonyl (C=O) groups excluding carboxylic acids is 2. The first kappa shape index (κ1) is 40.8. The lowest BCUT2D eigenvalue weighted by atomic mass is 9.97. The fourth-order valence-electron chi connectivity index (χ4n) is 5.79. The fraction of sp³-hybridized carbons (Fsp3) is 0.939. The van der Waals surface area contributed by atoms with Crippen LogP contribution in [0.2, 0.25) is 0 Å². The lowest BCUT2D eigenvalue weighted by Gasteiger charge is -2.46. The second-order valence-corrected chi connectivity index (χ2v) is 12.7. The minimum absolute atomic E-state index is 0.0511. The number of rotatable bonds is 21.